The van der Waals surface area contributed by atoms with E-state index in [-0.39, 0.29) is 12.3 Å². The molecular formula is C17H26FN3O2. The Kier molecular flexibility index (Phi) is 6.95. The molecule has 1 amide bonds. The van der Waals surface area contributed by atoms with E-state index in [1.807, 2.05) is 0 Å². The van der Waals surface area contributed by atoms with Crippen LogP contribution in [0.2, 0.25) is 0 Å². The van der Waals surface area contributed by atoms with Crippen molar-refractivity contribution in [2.75, 3.05) is 45.8 Å². The standard InChI is InChI=1S/C17H26FN3O2/c1-2-20-8-10-21(11-9-20)7-6-19-17(23)13-16(22)14-4-3-5-15(18)12-14/h3-5,12,16,22H,2,6-11,13H2,1H3,(H,19,23). The van der Waals surface area contributed by atoms with Gasteiger partial charge >= 0.3 is 0 Å². The smallest absolute Gasteiger partial charge is 0.223 e. The second-order valence-corrected chi connectivity index (χ2v) is 5.90. The Morgan fingerprint density at radius 2 is 2.00 bits per heavy atom. The summed E-state index contributed by atoms with van der Waals surface area (Å²) >= 11 is 0. The summed E-state index contributed by atoms with van der Waals surface area (Å²) in [4.78, 5) is 16.6. The molecule has 1 aromatic rings. The van der Waals surface area contributed by atoms with Crippen molar-refractivity contribution < 1.29 is 14.3 Å². The number of likely N-dealkylation sites (N-methyl/N-ethyl adjacent to an activating group) is 1. The van der Waals surface area contributed by atoms with Gasteiger partial charge in [-0.05, 0) is 24.2 Å². The lowest BCUT2D eigenvalue weighted by Crippen LogP contribution is -2.48. The minimum atomic E-state index is -0.973. The molecule has 2 N–H and O–H groups in total. The lowest BCUT2D eigenvalue weighted by Gasteiger charge is -2.33. The fraction of sp³-hybridized carbons (Fsp3) is 0.588. The molecule has 0 spiro atoms. The van der Waals surface area contributed by atoms with E-state index in [0.29, 0.717) is 12.1 Å². The molecule has 0 radical (unpaired) electrons. The fourth-order valence-corrected chi connectivity index (χ4v) is 2.76. The van der Waals surface area contributed by atoms with Crippen molar-refractivity contribution in [3.8, 4) is 0 Å². The number of hydrogen-bond donors (Lipinski definition) is 2. The van der Waals surface area contributed by atoms with Crippen LogP contribution < -0.4 is 5.32 Å². The SMILES string of the molecule is CCN1CCN(CCNC(=O)CC(O)c2cccc(F)c2)CC1. The Balaban J connectivity index is 1.65. The molecule has 5 nitrogen and oxygen atoms in total. The summed E-state index contributed by atoms with van der Waals surface area (Å²) in [5, 5.41) is 12.8. The molecule has 1 aromatic carbocycles. The Morgan fingerprint density at radius 3 is 2.65 bits per heavy atom. The normalized spacial score (nSPS) is 17.9. The number of nitrogens with zero attached hydrogens (tertiary/aromatic N) is 2. The van der Waals surface area contributed by atoms with Gasteiger partial charge in [-0.3, -0.25) is 9.69 Å². The highest BCUT2D eigenvalue weighted by Gasteiger charge is 2.16. The third kappa shape index (κ3) is 5.89. The molecule has 1 saturated heterocycles. The summed E-state index contributed by atoms with van der Waals surface area (Å²) < 4.78 is 13.1. The van der Waals surface area contributed by atoms with E-state index in [4.69, 9.17) is 0 Å². The number of nitrogens with one attached hydrogen (secondary N) is 1. The van der Waals surface area contributed by atoms with Crippen molar-refractivity contribution in [1.29, 1.82) is 0 Å². The van der Waals surface area contributed by atoms with E-state index in [2.05, 4.69) is 22.0 Å². The van der Waals surface area contributed by atoms with E-state index in [9.17, 15) is 14.3 Å². The van der Waals surface area contributed by atoms with Gasteiger partial charge in [0, 0.05) is 39.3 Å². The van der Waals surface area contributed by atoms with Crippen LogP contribution in [-0.2, 0) is 4.79 Å². The highest BCUT2D eigenvalue weighted by Crippen LogP contribution is 2.17. The molecule has 1 fully saturated rings. The van der Waals surface area contributed by atoms with Crippen LogP contribution in [0, 0.1) is 5.82 Å². The summed E-state index contributed by atoms with van der Waals surface area (Å²) in [6.45, 7) is 8.83. The van der Waals surface area contributed by atoms with E-state index in [1.54, 1.807) is 6.07 Å². The number of piperazine rings is 1. The van der Waals surface area contributed by atoms with E-state index in [0.717, 1.165) is 39.3 Å². The highest BCUT2D eigenvalue weighted by atomic mass is 19.1. The maximum absolute atomic E-state index is 13.1. The first-order chi connectivity index (χ1) is 11.1. The summed E-state index contributed by atoms with van der Waals surface area (Å²) in [5.74, 6) is -0.623. The minimum absolute atomic E-state index is 0.0485. The quantitative estimate of drug-likeness (QED) is 0.786. The van der Waals surface area contributed by atoms with Gasteiger partial charge in [-0.25, -0.2) is 4.39 Å². The van der Waals surface area contributed by atoms with Gasteiger partial charge in [0.15, 0.2) is 0 Å². The van der Waals surface area contributed by atoms with Crippen molar-refractivity contribution in [2.45, 2.75) is 19.4 Å². The number of aliphatic hydroxyl groups excluding tert-OH is 1. The van der Waals surface area contributed by atoms with Gasteiger partial charge in [-0.1, -0.05) is 19.1 Å². The number of rotatable bonds is 7. The van der Waals surface area contributed by atoms with Crippen LogP contribution in [0.25, 0.3) is 0 Å². The average molecular weight is 323 g/mol. The van der Waals surface area contributed by atoms with Crippen molar-refractivity contribution in [2.24, 2.45) is 0 Å². The van der Waals surface area contributed by atoms with Crippen LogP contribution in [0.4, 0.5) is 4.39 Å². The maximum atomic E-state index is 13.1. The summed E-state index contributed by atoms with van der Waals surface area (Å²) in [6.07, 6.45) is -1.02. The molecule has 0 saturated carbocycles. The Labute approximate surface area is 137 Å². The number of carbonyl (C=O) groups excluding carboxylic acids is 1. The predicted molar refractivity (Wildman–Crippen MR) is 87.5 cm³/mol. The molecule has 1 unspecified atom stereocenters. The third-order valence-electron chi connectivity index (χ3n) is 4.27. The fourth-order valence-electron chi connectivity index (χ4n) is 2.76. The van der Waals surface area contributed by atoms with Crippen LogP contribution in [0.15, 0.2) is 24.3 Å². The van der Waals surface area contributed by atoms with Gasteiger partial charge in [0.2, 0.25) is 5.91 Å². The molecule has 1 atom stereocenters. The monoisotopic (exact) mass is 323 g/mol. The van der Waals surface area contributed by atoms with Crippen LogP contribution in [0.5, 0.6) is 0 Å². The minimum Gasteiger partial charge on any atom is -0.388 e. The van der Waals surface area contributed by atoms with Crippen LogP contribution >= 0.6 is 0 Å². The lowest BCUT2D eigenvalue weighted by atomic mass is 10.1. The largest absolute Gasteiger partial charge is 0.388 e. The molecule has 1 aliphatic heterocycles. The van der Waals surface area contributed by atoms with Crippen molar-refractivity contribution >= 4 is 5.91 Å². The molecule has 128 valence electrons. The molecule has 0 bridgehead atoms. The van der Waals surface area contributed by atoms with Gasteiger partial charge < -0.3 is 15.3 Å². The number of carbonyl (C=O) groups is 1. The maximum Gasteiger partial charge on any atom is 0.223 e. The van der Waals surface area contributed by atoms with Gasteiger partial charge in [0.1, 0.15) is 5.82 Å². The highest BCUT2D eigenvalue weighted by molar-refractivity contribution is 5.76. The first-order valence-electron chi connectivity index (χ1n) is 8.23. The number of halogens is 1. The Bertz CT molecular complexity index is 504. The average Bonchev–Trinajstić information content (AvgIpc) is 2.55. The van der Waals surface area contributed by atoms with Crippen molar-refractivity contribution in [3.63, 3.8) is 0 Å². The summed E-state index contributed by atoms with van der Waals surface area (Å²) in [7, 11) is 0. The zero-order chi connectivity index (χ0) is 16.7. The van der Waals surface area contributed by atoms with Gasteiger partial charge in [-0.15, -0.1) is 0 Å². The lowest BCUT2D eigenvalue weighted by molar-refractivity contribution is -0.123. The Hall–Kier alpha value is -1.50. The summed E-state index contributed by atoms with van der Waals surface area (Å²) in [5.41, 5.74) is 0.427. The molecule has 23 heavy (non-hydrogen) atoms. The Morgan fingerprint density at radius 1 is 1.30 bits per heavy atom. The van der Waals surface area contributed by atoms with Crippen LogP contribution in [0.3, 0.4) is 0 Å². The zero-order valence-electron chi connectivity index (χ0n) is 13.7. The second-order valence-electron chi connectivity index (χ2n) is 5.90. The molecule has 1 heterocycles. The second kappa shape index (κ2) is 8.96. The third-order valence-corrected chi connectivity index (χ3v) is 4.27. The van der Waals surface area contributed by atoms with E-state index >= 15 is 0 Å². The number of benzene rings is 1. The number of amides is 1. The van der Waals surface area contributed by atoms with Crippen LogP contribution in [-0.4, -0.2) is 66.6 Å². The topological polar surface area (TPSA) is 55.8 Å². The number of hydrogen-bond acceptors (Lipinski definition) is 4. The molecule has 6 heteroatoms. The molecule has 1 aliphatic rings. The molecular weight excluding hydrogens is 297 g/mol. The molecule has 2 rings (SSSR count). The van der Waals surface area contributed by atoms with Crippen molar-refractivity contribution in [3.05, 3.63) is 35.6 Å². The van der Waals surface area contributed by atoms with Crippen molar-refractivity contribution in [1.82, 2.24) is 15.1 Å². The van der Waals surface area contributed by atoms with E-state index in [1.165, 1.54) is 18.2 Å². The van der Waals surface area contributed by atoms with Crippen LogP contribution in [0.1, 0.15) is 25.0 Å². The zero-order valence-corrected chi connectivity index (χ0v) is 13.7. The first-order valence-corrected chi connectivity index (χ1v) is 8.23. The number of aliphatic hydroxyl groups is 1. The van der Waals surface area contributed by atoms with Gasteiger partial charge in [-0.2, -0.15) is 0 Å². The predicted octanol–water partition coefficient (Wildman–Crippen LogP) is 1.00. The van der Waals surface area contributed by atoms with Gasteiger partial charge in [0.05, 0.1) is 12.5 Å². The molecule has 0 aliphatic carbocycles. The summed E-state index contributed by atoms with van der Waals surface area (Å²) in [6, 6.07) is 5.72. The first kappa shape index (κ1) is 17.8. The van der Waals surface area contributed by atoms with Gasteiger partial charge in [0.25, 0.3) is 0 Å². The molecule has 0 aromatic heterocycles. The van der Waals surface area contributed by atoms with E-state index < -0.39 is 11.9 Å².